The number of hydrogen-bond donors (Lipinski definition) is 1. The van der Waals surface area contributed by atoms with Gasteiger partial charge in [0.1, 0.15) is 23.3 Å². The second-order valence-electron chi connectivity index (χ2n) is 6.92. The molecule has 0 heterocycles. The largest absolute Gasteiger partial charge is 0.494 e. The molecule has 8 nitrogen and oxygen atoms in total. The molecule has 0 bridgehead atoms. The van der Waals surface area contributed by atoms with Crippen LogP contribution in [0.4, 0.5) is 5.69 Å². The van der Waals surface area contributed by atoms with E-state index >= 15 is 0 Å². The number of amides is 1. The fourth-order valence-corrected chi connectivity index (χ4v) is 2.97. The number of aryl methyl sites for hydroxylation is 1. The van der Waals surface area contributed by atoms with E-state index in [1.807, 2.05) is 6.07 Å². The van der Waals surface area contributed by atoms with Crippen LogP contribution in [0, 0.1) is 17.0 Å². The third-order valence-electron chi connectivity index (χ3n) is 4.61. The Morgan fingerprint density at radius 2 is 1.75 bits per heavy atom. The summed E-state index contributed by atoms with van der Waals surface area (Å²) in [5.41, 5.74) is 0.654. The SMILES string of the molecule is Cc1ccc(C(=O)NCCCOc2ccc(C=O)cc2)c([N+](=O)[O-])c1Oc1ccccc1. The Hall–Kier alpha value is -4.20. The fourth-order valence-electron chi connectivity index (χ4n) is 2.97. The van der Waals surface area contributed by atoms with Crippen molar-refractivity contribution in [2.75, 3.05) is 13.2 Å². The average molecular weight is 434 g/mol. The molecule has 3 aromatic carbocycles. The van der Waals surface area contributed by atoms with Gasteiger partial charge in [0.05, 0.1) is 11.5 Å². The highest BCUT2D eigenvalue weighted by molar-refractivity contribution is 5.99. The molecule has 3 rings (SSSR count). The lowest BCUT2D eigenvalue weighted by molar-refractivity contribution is -0.385. The van der Waals surface area contributed by atoms with Crippen molar-refractivity contribution in [1.29, 1.82) is 0 Å². The minimum atomic E-state index is -0.605. The van der Waals surface area contributed by atoms with Crippen molar-refractivity contribution in [2.45, 2.75) is 13.3 Å². The summed E-state index contributed by atoms with van der Waals surface area (Å²) >= 11 is 0. The highest BCUT2D eigenvalue weighted by Crippen LogP contribution is 2.37. The highest BCUT2D eigenvalue weighted by Gasteiger charge is 2.28. The van der Waals surface area contributed by atoms with Crippen LogP contribution in [0.25, 0.3) is 0 Å². The van der Waals surface area contributed by atoms with E-state index in [9.17, 15) is 19.7 Å². The molecule has 32 heavy (non-hydrogen) atoms. The maximum Gasteiger partial charge on any atom is 0.324 e. The van der Waals surface area contributed by atoms with E-state index in [0.717, 1.165) is 6.29 Å². The quantitative estimate of drug-likeness (QED) is 0.214. The third kappa shape index (κ3) is 5.69. The standard InChI is InChI=1S/C24H22N2O6/c1-17-8-13-21(22(26(29)30)23(17)32-20-6-3-2-4-7-20)24(28)25-14-5-15-31-19-11-9-18(16-27)10-12-19/h2-4,6-13,16H,5,14-15H2,1H3,(H,25,28). The Bertz CT molecular complexity index is 1100. The summed E-state index contributed by atoms with van der Waals surface area (Å²) < 4.78 is 11.3. The molecule has 0 aliphatic carbocycles. The van der Waals surface area contributed by atoms with E-state index in [1.165, 1.54) is 6.07 Å². The minimum absolute atomic E-state index is 0.0379. The van der Waals surface area contributed by atoms with Gasteiger partial charge < -0.3 is 14.8 Å². The Morgan fingerprint density at radius 1 is 1.03 bits per heavy atom. The van der Waals surface area contributed by atoms with Crippen LogP contribution >= 0.6 is 0 Å². The molecule has 0 saturated carbocycles. The molecule has 0 atom stereocenters. The Morgan fingerprint density at radius 3 is 2.41 bits per heavy atom. The van der Waals surface area contributed by atoms with Gasteiger partial charge in [-0.2, -0.15) is 0 Å². The molecular formula is C24H22N2O6. The van der Waals surface area contributed by atoms with Crippen molar-refractivity contribution in [3.63, 3.8) is 0 Å². The highest BCUT2D eigenvalue weighted by atomic mass is 16.6. The second-order valence-corrected chi connectivity index (χ2v) is 6.92. The molecule has 3 aromatic rings. The molecule has 0 fully saturated rings. The number of nitro groups is 1. The number of rotatable bonds is 10. The van der Waals surface area contributed by atoms with E-state index in [4.69, 9.17) is 9.47 Å². The third-order valence-corrected chi connectivity index (χ3v) is 4.61. The van der Waals surface area contributed by atoms with Crippen LogP contribution in [0.5, 0.6) is 17.2 Å². The number of para-hydroxylation sites is 1. The smallest absolute Gasteiger partial charge is 0.324 e. The van der Waals surface area contributed by atoms with E-state index in [1.54, 1.807) is 61.5 Å². The van der Waals surface area contributed by atoms with Crippen molar-refractivity contribution in [3.05, 3.63) is 93.5 Å². The average Bonchev–Trinajstić information content (AvgIpc) is 2.80. The van der Waals surface area contributed by atoms with Gasteiger partial charge in [-0.15, -0.1) is 0 Å². The van der Waals surface area contributed by atoms with Crippen LogP contribution in [-0.4, -0.2) is 30.3 Å². The lowest BCUT2D eigenvalue weighted by Gasteiger charge is -2.12. The zero-order valence-corrected chi connectivity index (χ0v) is 17.4. The van der Waals surface area contributed by atoms with Gasteiger partial charge in [0.15, 0.2) is 0 Å². The van der Waals surface area contributed by atoms with E-state index in [0.29, 0.717) is 35.7 Å². The van der Waals surface area contributed by atoms with Gasteiger partial charge in [-0.3, -0.25) is 19.7 Å². The van der Waals surface area contributed by atoms with Crippen LogP contribution in [0.3, 0.4) is 0 Å². The lowest BCUT2D eigenvalue weighted by atomic mass is 10.1. The van der Waals surface area contributed by atoms with Gasteiger partial charge in [0, 0.05) is 12.1 Å². The van der Waals surface area contributed by atoms with E-state index in [-0.39, 0.29) is 23.5 Å². The summed E-state index contributed by atoms with van der Waals surface area (Å²) in [6.07, 6.45) is 1.24. The topological polar surface area (TPSA) is 108 Å². The molecule has 164 valence electrons. The number of carbonyl (C=O) groups excluding carboxylic acids is 2. The number of nitro benzene ring substituents is 1. The number of carbonyl (C=O) groups is 2. The fraction of sp³-hybridized carbons (Fsp3) is 0.167. The molecule has 0 radical (unpaired) electrons. The van der Waals surface area contributed by atoms with Crippen LogP contribution < -0.4 is 14.8 Å². The zero-order chi connectivity index (χ0) is 22.9. The first-order chi connectivity index (χ1) is 15.5. The van der Waals surface area contributed by atoms with Gasteiger partial charge in [-0.05, 0) is 61.4 Å². The predicted octanol–water partition coefficient (Wildman–Crippen LogP) is 4.71. The summed E-state index contributed by atoms with van der Waals surface area (Å²) in [4.78, 5) is 34.5. The normalized spacial score (nSPS) is 10.3. The first kappa shape index (κ1) is 22.5. The van der Waals surface area contributed by atoms with Crippen LogP contribution in [0.15, 0.2) is 66.7 Å². The molecule has 0 spiro atoms. The number of nitrogens with one attached hydrogen (secondary N) is 1. The lowest BCUT2D eigenvalue weighted by Crippen LogP contribution is -2.26. The Labute approximate surface area is 184 Å². The van der Waals surface area contributed by atoms with Crippen molar-refractivity contribution in [2.24, 2.45) is 0 Å². The van der Waals surface area contributed by atoms with Crippen molar-refractivity contribution in [1.82, 2.24) is 5.32 Å². The molecule has 0 unspecified atom stereocenters. The number of aldehydes is 1. The van der Waals surface area contributed by atoms with Crippen molar-refractivity contribution < 1.29 is 24.0 Å². The summed E-state index contributed by atoms with van der Waals surface area (Å²) in [6.45, 7) is 2.29. The summed E-state index contributed by atoms with van der Waals surface area (Å²) in [5.74, 6) is 0.522. The number of ether oxygens (including phenoxy) is 2. The Balaban J connectivity index is 1.63. The molecule has 0 saturated heterocycles. The Kier molecular flexibility index (Phi) is 7.53. The zero-order valence-electron chi connectivity index (χ0n) is 17.4. The molecule has 8 heteroatoms. The summed E-state index contributed by atoms with van der Waals surface area (Å²) in [6, 6.07) is 18.4. The van der Waals surface area contributed by atoms with Gasteiger partial charge >= 0.3 is 5.69 Å². The van der Waals surface area contributed by atoms with Gasteiger partial charge in [0.25, 0.3) is 5.91 Å². The molecule has 0 aliphatic rings. The first-order valence-corrected chi connectivity index (χ1v) is 9.96. The summed E-state index contributed by atoms with van der Waals surface area (Å²) in [5, 5.41) is 14.5. The van der Waals surface area contributed by atoms with Crippen LogP contribution in [0.2, 0.25) is 0 Å². The molecule has 1 N–H and O–H groups in total. The first-order valence-electron chi connectivity index (χ1n) is 9.96. The molecular weight excluding hydrogens is 412 g/mol. The maximum absolute atomic E-state index is 12.6. The number of hydrogen-bond acceptors (Lipinski definition) is 6. The molecule has 0 aliphatic heterocycles. The molecule has 1 amide bonds. The van der Waals surface area contributed by atoms with Crippen LogP contribution in [-0.2, 0) is 0 Å². The number of benzene rings is 3. The number of nitrogens with zero attached hydrogens (tertiary/aromatic N) is 1. The molecule has 0 aromatic heterocycles. The van der Waals surface area contributed by atoms with E-state index < -0.39 is 10.8 Å². The summed E-state index contributed by atoms with van der Waals surface area (Å²) in [7, 11) is 0. The van der Waals surface area contributed by atoms with Crippen molar-refractivity contribution >= 4 is 17.9 Å². The van der Waals surface area contributed by atoms with Crippen LogP contribution in [0.1, 0.15) is 32.7 Å². The minimum Gasteiger partial charge on any atom is -0.494 e. The van der Waals surface area contributed by atoms with Crippen molar-refractivity contribution in [3.8, 4) is 17.2 Å². The predicted molar refractivity (Wildman–Crippen MR) is 119 cm³/mol. The van der Waals surface area contributed by atoms with Gasteiger partial charge in [0.2, 0.25) is 5.75 Å². The van der Waals surface area contributed by atoms with E-state index in [2.05, 4.69) is 5.32 Å². The second kappa shape index (κ2) is 10.7. The monoisotopic (exact) mass is 434 g/mol. The van der Waals surface area contributed by atoms with Gasteiger partial charge in [-0.25, -0.2) is 0 Å². The van der Waals surface area contributed by atoms with Gasteiger partial charge in [-0.1, -0.05) is 24.3 Å². The maximum atomic E-state index is 12.6.